The summed E-state index contributed by atoms with van der Waals surface area (Å²) in [6, 6.07) is 9.70. The van der Waals surface area contributed by atoms with Crippen molar-refractivity contribution in [2.75, 3.05) is 6.61 Å². The van der Waals surface area contributed by atoms with Gasteiger partial charge in [-0.05, 0) is 17.9 Å². The molecule has 1 rings (SSSR count). The van der Waals surface area contributed by atoms with Crippen molar-refractivity contribution >= 4 is 0 Å². The molecule has 0 amide bonds. The molecule has 0 heterocycles. The average molecular weight is 222 g/mol. The van der Waals surface area contributed by atoms with Crippen molar-refractivity contribution in [2.24, 2.45) is 5.92 Å². The molecular weight excluding hydrogens is 200 g/mol. The topological polar surface area (TPSA) is 29.5 Å². The van der Waals surface area contributed by atoms with Crippen LogP contribution in [0.1, 0.15) is 38.9 Å². The summed E-state index contributed by atoms with van der Waals surface area (Å²) < 4.78 is 5.72. The predicted molar refractivity (Wildman–Crippen MR) is 66.3 cm³/mol. The predicted octanol–water partition coefficient (Wildman–Crippen LogP) is 3.17. The molecule has 0 aliphatic heterocycles. The summed E-state index contributed by atoms with van der Waals surface area (Å²) >= 11 is 0. The number of rotatable bonds is 6. The lowest BCUT2D eigenvalue weighted by Crippen LogP contribution is -2.23. The van der Waals surface area contributed by atoms with E-state index in [-0.39, 0.29) is 6.10 Å². The molecule has 2 atom stereocenters. The summed E-state index contributed by atoms with van der Waals surface area (Å²) in [4.78, 5) is 0. The zero-order valence-electron chi connectivity index (χ0n) is 10.4. The van der Waals surface area contributed by atoms with Crippen LogP contribution in [0.4, 0.5) is 0 Å². The first-order valence-corrected chi connectivity index (χ1v) is 5.99. The van der Waals surface area contributed by atoms with E-state index in [0.29, 0.717) is 12.5 Å². The monoisotopic (exact) mass is 222 g/mol. The lowest BCUT2D eigenvalue weighted by atomic mass is 10.0. The number of hydrogen-bond donors (Lipinski definition) is 1. The molecule has 0 bridgehead atoms. The van der Waals surface area contributed by atoms with Crippen molar-refractivity contribution in [3.05, 3.63) is 35.9 Å². The second-order valence-electron chi connectivity index (χ2n) is 4.53. The first kappa shape index (κ1) is 13.2. The van der Waals surface area contributed by atoms with Crippen molar-refractivity contribution in [1.82, 2.24) is 0 Å². The highest BCUT2D eigenvalue weighted by atomic mass is 16.5. The fourth-order valence-electron chi connectivity index (χ4n) is 1.61. The molecule has 1 N–H and O–H groups in total. The SMILES string of the molecule is CCC(OCC(C)C)C(O)c1ccccc1. The summed E-state index contributed by atoms with van der Waals surface area (Å²) in [6.07, 6.45) is 0.192. The molecule has 0 saturated heterocycles. The molecule has 0 spiro atoms. The van der Waals surface area contributed by atoms with Gasteiger partial charge >= 0.3 is 0 Å². The van der Waals surface area contributed by atoms with E-state index in [2.05, 4.69) is 13.8 Å². The number of benzene rings is 1. The van der Waals surface area contributed by atoms with Crippen molar-refractivity contribution < 1.29 is 9.84 Å². The summed E-state index contributed by atoms with van der Waals surface area (Å²) in [5.41, 5.74) is 0.929. The second-order valence-corrected chi connectivity index (χ2v) is 4.53. The maximum Gasteiger partial charge on any atom is 0.105 e. The maximum absolute atomic E-state index is 10.2. The number of aliphatic hydroxyl groups excluding tert-OH is 1. The minimum absolute atomic E-state index is 0.107. The summed E-state index contributed by atoms with van der Waals surface area (Å²) in [6.45, 7) is 6.96. The number of ether oxygens (including phenoxy) is 1. The van der Waals surface area contributed by atoms with Crippen LogP contribution in [0.5, 0.6) is 0 Å². The van der Waals surface area contributed by atoms with Crippen molar-refractivity contribution in [3.8, 4) is 0 Å². The third-order valence-corrected chi connectivity index (χ3v) is 2.54. The van der Waals surface area contributed by atoms with Crippen LogP contribution in [0.3, 0.4) is 0 Å². The Balaban J connectivity index is 2.59. The molecule has 0 saturated carbocycles. The van der Waals surface area contributed by atoms with Gasteiger partial charge in [0.2, 0.25) is 0 Å². The quantitative estimate of drug-likeness (QED) is 0.801. The zero-order valence-corrected chi connectivity index (χ0v) is 10.4. The molecule has 0 fully saturated rings. The van der Waals surface area contributed by atoms with Crippen LogP contribution < -0.4 is 0 Å². The highest BCUT2D eigenvalue weighted by Crippen LogP contribution is 2.21. The van der Waals surface area contributed by atoms with Crippen LogP contribution in [0, 0.1) is 5.92 Å². The zero-order chi connectivity index (χ0) is 12.0. The third-order valence-electron chi connectivity index (χ3n) is 2.54. The van der Waals surface area contributed by atoms with Gasteiger partial charge in [-0.1, -0.05) is 51.1 Å². The lowest BCUT2D eigenvalue weighted by Gasteiger charge is -2.23. The number of hydrogen-bond acceptors (Lipinski definition) is 2. The molecule has 1 aromatic carbocycles. The van der Waals surface area contributed by atoms with Crippen LogP contribution in [-0.2, 0) is 4.74 Å². The van der Waals surface area contributed by atoms with Crippen LogP contribution in [0.15, 0.2) is 30.3 Å². The van der Waals surface area contributed by atoms with Gasteiger partial charge in [-0.3, -0.25) is 0 Å². The van der Waals surface area contributed by atoms with Crippen LogP contribution >= 0.6 is 0 Å². The Morgan fingerprint density at radius 2 is 1.81 bits per heavy atom. The molecule has 2 nitrogen and oxygen atoms in total. The van der Waals surface area contributed by atoms with Gasteiger partial charge in [-0.15, -0.1) is 0 Å². The fourth-order valence-corrected chi connectivity index (χ4v) is 1.61. The summed E-state index contributed by atoms with van der Waals surface area (Å²) in [5.74, 6) is 0.497. The highest BCUT2D eigenvalue weighted by Gasteiger charge is 2.19. The van der Waals surface area contributed by atoms with Crippen LogP contribution in [0.2, 0.25) is 0 Å². The fraction of sp³-hybridized carbons (Fsp3) is 0.571. The molecule has 0 radical (unpaired) electrons. The van der Waals surface area contributed by atoms with E-state index in [1.807, 2.05) is 37.3 Å². The van der Waals surface area contributed by atoms with Crippen molar-refractivity contribution in [1.29, 1.82) is 0 Å². The van der Waals surface area contributed by atoms with Crippen molar-refractivity contribution in [3.63, 3.8) is 0 Å². The largest absolute Gasteiger partial charge is 0.386 e. The maximum atomic E-state index is 10.2. The van der Waals surface area contributed by atoms with Gasteiger partial charge < -0.3 is 9.84 Å². The van der Waals surface area contributed by atoms with Gasteiger partial charge in [-0.25, -0.2) is 0 Å². The molecule has 2 unspecified atom stereocenters. The molecule has 0 aliphatic rings. The summed E-state index contributed by atoms with van der Waals surface area (Å²) in [7, 11) is 0. The van der Waals surface area contributed by atoms with Gasteiger partial charge in [0.15, 0.2) is 0 Å². The first-order valence-electron chi connectivity index (χ1n) is 5.99. The molecule has 1 aromatic rings. The Hall–Kier alpha value is -0.860. The standard InChI is InChI=1S/C14H22O2/c1-4-13(16-10-11(2)3)14(15)12-8-6-5-7-9-12/h5-9,11,13-15H,4,10H2,1-3H3. The van der Waals surface area contributed by atoms with Gasteiger partial charge in [0.05, 0.1) is 6.10 Å². The van der Waals surface area contributed by atoms with E-state index in [4.69, 9.17) is 4.74 Å². The smallest absolute Gasteiger partial charge is 0.105 e. The first-order chi connectivity index (χ1) is 7.65. The van der Waals surface area contributed by atoms with Gasteiger partial charge in [-0.2, -0.15) is 0 Å². The van der Waals surface area contributed by atoms with Crippen molar-refractivity contribution in [2.45, 2.75) is 39.4 Å². The molecule has 0 aromatic heterocycles. The highest BCUT2D eigenvalue weighted by molar-refractivity contribution is 5.18. The van der Waals surface area contributed by atoms with Gasteiger partial charge in [0.25, 0.3) is 0 Å². The second kappa shape index (κ2) is 6.66. The number of aliphatic hydroxyl groups is 1. The Kier molecular flexibility index (Phi) is 5.50. The van der Waals surface area contributed by atoms with E-state index in [1.165, 1.54) is 0 Å². The van der Waals surface area contributed by atoms with E-state index in [9.17, 15) is 5.11 Å². The average Bonchev–Trinajstić information content (AvgIpc) is 2.30. The van der Waals surface area contributed by atoms with E-state index >= 15 is 0 Å². The van der Waals surface area contributed by atoms with E-state index < -0.39 is 6.10 Å². The van der Waals surface area contributed by atoms with Crippen LogP contribution in [-0.4, -0.2) is 17.8 Å². The van der Waals surface area contributed by atoms with Gasteiger partial charge in [0, 0.05) is 6.61 Å². The third kappa shape index (κ3) is 3.95. The Bertz CT molecular complexity index is 282. The van der Waals surface area contributed by atoms with Gasteiger partial charge in [0.1, 0.15) is 6.10 Å². The Morgan fingerprint density at radius 1 is 1.19 bits per heavy atom. The molecule has 2 heteroatoms. The van der Waals surface area contributed by atoms with E-state index in [1.54, 1.807) is 0 Å². The Morgan fingerprint density at radius 3 is 2.31 bits per heavy atom. The minimum Gasteiger partial charge on any atom is -0.386 e. The minimum atomic E-state index is -0.523. The molecule has 90 valence electrons. The molecule has 0 aliphatic carbocycles. The van der Waals surface area contributed by atoms with E-state index in [0.717, 1.165) is 12.0 Å². The lowest BCUT2D eigenvalue weighted by molar-refractivity contribution is -0.0492. The molecular formula is C14H22O2. The summed E-state index contributed by atoms with van der Waals surface area (Å²) in [5, 5.41) is 10.2. The molecule has 16 heavy (non-hydrogen) atoms. The Labute approximate surface area is 98.3 Å². The normalized spacial score (nSPS) is 15.1. The van der Waals surface area contributed by atoms with Crippen LogP contribution in [0.25, 0.3) is 0 Å².